The molecule has 0 aliphatic heterocycles. The standard InChI is InChI=1S/C9H9FN4S/c1-5-2-3-6(10)4-7(5)8-12-13-9(15)14(8)11/h2-4H,11H2,1H3,(H,13,15). The number of hydrogen-bond donors (Lipinski definition) is 2. The van der Waals surface area contributed by atoms with E-state index in [4.69, 9.17) is 18.1 Å². The van der Waals surface area contributed by atoms with Crippen molar-refractivity contribution in [1.29, 1.82) is 0 Å². The van der Waals surface area contributed by atoms with Gasteiger partial charge in [0, 0.05) is 5.56 Å². The molecule has 0 unspecified atom stereocenters. The molecule has 15 heavy (non-hydrogen) atoms. The number of benzene rings is 1. The number of halogens is 1. The molecule has 0 spiro atoms. The van der Waals surface area contributed by atoms with E-state index in [1.807, 2.05) is 6.92 Å². The molecule has 3 N–H and O–H groups in total. The number of aromatic amines is 1. The highest BCUT2D eigenvalue weighted by Gasteiger charge is 2.09. The summed E-state index contributed by atoms with van der Waals surface area (Å²) in [4.78, 5) is 0. The normalized spacial score (nSPS) is 10.5. The average molecular weight is 224 g/mol. The van der Waals surface area contributed by atoms with Gasteiger partial charge >= 0.3 is 0 Å². The number of nitrogen functional groups attached to an aromatic ring is 1. The SMILES string of the molecule is Cc1ccc(F)cc1-c1n[nH]c(=S)n1N. The Morgan fingerprint density at radius 3 is 2.87 bits per heavy atom. The summed E-state index contributed by atoms with van der Waals surface area (Å²) in [6, 6.07) is 4.44. The van der Waals surface area contributed by atoms with Crippen LogP contribution >= 0.6 is 12.2 Å². The molecule has 2 aromatic rings. The minimum atomic E-state index is -0.329. The van der Waals surface area contributed by atoms with Crippen LogP contribution in [0, 0.1) is 17.5 Å². The predicted octanol–water partition coefficient (Wildman–Crippen LogP) is 1.77. The van der Waals surface area contributed by atoms with Crippen LogP contribution in [-0.4, -0.2) is 14.9 Å². The molecule has 0 aliphatic rings. The lowest BCUT2D eigenvalue weighted by molar-refractivity contribution is 0.627. The highest BCUT2D eigenvalue weighted by molar-refractivity contribution is 7.71. The lowest BCUT2D eigenvalue weighted by atomic mass is 10.1. The largest absolute Gasteiger partial charge is 0.335 e. The number of aryl methyl sites for hydroxylation is 1. The van der Waals surface area contributed by atoms with Gasteiger partial charge in [-0.15, -0.1) is 0 Å². The van der Waals surface area contributed by atoms with Crippen LogP contribution in [0.1, 0.15) is 5.56 Å². The Kier molecular flexibility index (Phi) is 2.28. The van der Waals surface area contributed by atoms with E-state index >= 15 is 0 Å². The third-order valence-corrected chi connectivity index (χ3v) is 2.43. The number of nitrogens with one attached hydrogen (secondary N) is 1. The molecule has 0 amide bonds. The molecular weight excluding hydrogens is 215 g/mol. The maximum absolute atomic E-state index is 13.1. The molecule has 0 atom stereocenters. The van der Waals surface area contributed by atoms with Crippen LogP contribution in [0.15, 0.2) is 18.2 Å². The molecule has 1 aromatic heterocycles. The van der Waals surface area contributed by atoms with E-state index in [2.05, 4.69) is 10.2 Å². The summed E-state index contributed by atoms with van der Waals surface area (Å²) in [6.07, 6.45) is 0. The molecule has 0 radical (unpaired) electrons. The quantitative estimate of drug-likeness (QED) is 0.573. The number of rotatable bonds is 1. The topological polar surface area (TPSA) is 59.6 Å². The number of nitrogens with zero attached hydrogens (tertiary/aromatic N) is 2. The van der Waals surface area contributed by atoms with Crippen LogP contribution in [0.5, 0.6) is 0 Å². The molecule has 0 saturated carbocycles. The fraction of sp³-hybridized carbons (Fsp3) is 0.111. The van der Waals surface area contributed by atoms with Crippen LogP contribution in [0.2, 0.25) is 0 Å². The summed E-state index contributed by atoms with van der Waals surface area (Å²) >= 11 is 4.88. The van der Waals surface area contributed by atoms with Crippen molar-refractivity contribution in [2.24, 2.45) is 0 Å². The number of H-pyrrole nitrogens is 1. The van der Waals surface area contributed by atoms with Crippen molar-refractivity contribution in [3.63, 3.8) is 0 Å². The second-order valence-electron chi connectivity index (χ2n) is 3.18. The Morgan fingerprint density at radius 1 is 1.53 bits per heavy atom. The monoisotopic (exact) mass is 224 g/mol. The van der Waals surface area contributed by atoms with Gasteiger partial charge in [0.15, 0.2) is 5.82 Å². The van der Waals surface area contributed by atoms with Gasteiger partial charge in [0.2, 0.25) is 4.77 Å². The van der Waals surface area contributed by atoms with E-state index in [1.165, 1.54) is 16.8 Å². The van der Waals surface area contributed by atoms with Crippen molar-refractivity contribution < 1.29 is 4.39 Å². The first-order chi connectivity index (χ1) is 7.09. The van der Waals surface area contributed by atoms with E-state index in [-0.39, 0.29) is 5.82 Å². The summed E-state index contributed by atoms with van der Waals surface area (Å²) in [5.74, 6) is 5.75. The average Bonchev–Trinajstić information content (AvgIpc) is 2.52. The smallest absolute Gasteiger partial charge is 0.214 e. The second kappa shape index (κ2) is 3.47. The van der Waals surface area contributed by atoms with Crippen molar-refractivity contribution in [2.45, 2.75) is 6.92 Å². The lowest BCUT2D eigenvalue weighted by Crippen LogP contribution is -2.10. The van der Waals surface area contributed by atoms with Gasteiger partial charge in [0.1, 0.15) is 5.82 Å². The first kappa shape index (κ1) is 9.85. The van der Waals surface area contributed by atoms with Crippen LogP contribution < -0.4 is 5.84 Å². The van der Waals surface area contributed by atoms with Crippen LogP contribution in [-0.2, 0) is 0 Å². The maximum Gasteiger partial charge on any atom is 0.214 e. The van der Waals surface area contributed by atoms with Gasteiger partial charge in [-0.1, -0.05) is 6.07 Å². The lowest BCUT2D eigenvalue weighted by Gasteiger charge is -2.04. The Hall–Kier alpha value is -1.69. The minimum absolute atomic E-state index is 0.300. The van der Waals surface area contributed by atoms with Crippen molar-refractivity contribution >= 4 is 12.2 Å². The number of nitrogens with two attached hydrogens (primary N) is 1. The number of hydrogen-bond acceptors (Lipinski definition) is 3. The summed E-state index contributed by atoms with van der Waals surface area (Å²) in [7, 11) is 0. The van der Waals surface area contributed by atoms with Gasteiger partial charge in [0.05, 0.1) is 0 Å². The molecule has 0 bridgehead atoms. The molecule has 1 aromatic carbocycles. The van der Waals surface area contributed by atoms with E-state index in [0.29, 0.717) is 16.2 Å². The molecule has 78 valence electrons. The second-order valence-corrected chi connectivity index (χ2v) is 3.57. The predicted molar refractivity (Wildman–Crippen MR) is 57.7 cm³/mol. The van der Waals surface area contributed by atoms with Crippen molar-refractivity contribution in [3.8, 4) is 11.4 Å². The molecule has 0 saturated heterocycles. The fourth-order valence-electron chi connectivity index (χ4n) is 1.33. The van der Waals surface area contributed by atoms with Crippen molar-refractivity contribution in [3.05, 3.63) is 34.4 Å². The van der Waals surface area contributed by atoms with Gasteiger partial charge in [-0.25, -0.2) is 14.2 Å². The van der Waals surface area contributed by atoms with E-state index in [1.54, 1.807) is 6.07 Å². The maximum atomic E-state index is 13.1. The zero-order valence-corrected chi connectivity index (χ0v) is 8.81. The molecule has 2 rings (SSSR count). The van der Waals surface area contributed by atoms with E-state index in [9.17, 15) is 4.39 Å². The Balaban J connectivity index is 2.68. The molecule has 0 fully saturated rings. The third kappa shape index (κ3) is 1.63. The highest BCUT2D eigenvalue weighted by atomic mass is 32.1. The zero-order chi connectivity index (χ0) is 11.0. The Morgan fingerprint density at radius 2 is 2.27 bits per heavy atom. The molecule has 4 nitrogen and oxygen atoms in total. The number of aromatic nitrogens is 3. The van der Waals surface area contributed by atoms with E-state index in [0.717, 1.165) is 5.56 Å². The van der Waals surface area contributed by atoms with Crippen LogP contribution in [0.4, 0.5) is 4.39 Å². The summed E-state index contributed by atoms with van der Waals surface area (Å²) in [6.45, 7) is 1.85. The van der Waals surface area contributed by atoms with Crippen LogP contribution in [0.3, 0.4) is 0 Å². The Bertz CT molecular complexity index is 557. The third-order valence-electron chi connectivity index (χ3n) is 2.14. The van der Waals surface area contributed by atoms with Gasteiger partial charge < -0.3 is 5.84 Å². The first-order valence-corrected chi connectivity index (χ1v) is 4.69. The van der Waals surface area contributed by atoms with Crippen molar-refractivity contribution in [1.82, 2.24) is 14.9 Å². The molecule has 1 heterocycles. The highest BCUT2D eigenvalue weighted by Crippen LogP contribution is 2.21. The molecular formula is C9H9FN4S. The fourth-order valence-corrected chi connectivity index (χ4v) is 1.46. The summed E-state index contributed by atoms with van der Waals surface area (Å²) < 4.78 is 14.6. The van der Waals surface area contributed by atoms with Crippen molar-refractivity contribution in [2.75, 3.05) is 5.84 Å². The van der Waals surface area contributed by atoms with Crippen LogP contribution in [0.25, 0.3) is 11.4 Å². The van der Waals surface area contributed by atoms with Gasteiger partial charge in [-0.3, -0.25) is 0 Å². The molecule has 6 heteroatoms. The van der Waals surface area contributed by atoms with Gasteiger partial charge in [-0.05, 0) is 36.8 Å². The summed E-state index contributed by atoms with van der Waals surface area (Å²) in [5.41, 5.74) is 1.52. The van der Waals surface area contributed by atoms with Gasteiger partial charge in [-0.2, -0.15) is 5.10 Å². The first-order valence-electron chi connectivity index (χ1n) is 4.28. The van der Waals surface area contributed by atoms with E-state index < -0.39 is 0 Å². The summed E-state index contributed by atoms with van der Waals surface area (Å²) in [5, 5.41) is 6.49. The zero-order valence-electron chi connectivity index (χ0n) is 7.99. The Labute approximate surface area is 90.5 Å². The minimum Gasteiger partial charge on any atom is -0.335 e. The van der Waals surface area contributed by atoms with Gasteiger partial charge in [0.25, 0.3) is 0 Å². The molecule has 0 aliphatic carbocycles.